The van der Waals surface area contributed by atoms with Crippen LogP contribution in [0.3, 0.4) is 0 Å². The van der Waals surface area contributed by atoms with Crippen LogP contribution in [-0.4, -0.2) is 42.2 Å². The predicted octanol–water partition coefficient (Wildman–Crippen LogP) is 1.98. The lowest BCUT2D eigenvalue weighted by Crippen LogP contribution is -2.37. The fourth-order valence-corrected chi connectivity index (χ4v) is 2.53. The molecule has 4 nitrogen and oxygen atoms in total. The number of aliphatic hydroxyl groups excluding tert-OH is 1. The normalized spacial score (nSPS) is 19.1. The van der Waals surface area contributed by atoms with Gasteiger partial charge in [-0.2, -0.15) is 0 Å². The Kier molecular flexibility index (Phi) is 4.09. The van der Waals surface area contributed by atoms with Gasteiger partial charge in [-0.15, -0.1) is 0 Å². The van der Waals surface area contributed by atoms with Gasteiger partial charge in [0.1, 0.15) is 0 Å². The highest BCUT2D eigenvalue weighted by atomic mass is 35.5. The minimum absolute atomic E-state index is 0.0151. The maximum absolute atomic E-state index is 12.5. The van der Waals surface area contributed by atoms with Crippen molar-refractivity contribution in [1.29, 1.82) is 0 Å². The number of likely N-dealkylation sites (tertiary alicyclic amines) is 1. The van der Waals surface area contributed by atoms with E-state index in [0.29, 0.717) is 17.1 Å². The third-order valence-corrected chi connectivity index (χ3v) is 3.57. The maximum Gasteiger partial charge on any atom is 0.256 e. The van der Waals surface area contributed by atoms with Gasteiger partial charge in [0.25, 0.3) is 5.91 Å². The first kappa shape index (κ1) is 13.2. The molecule has 1 aromatic carbocycles. The van der Waals surface area contributed by atoms with E-state index in [1.54, 1.807) is 30.1 Å². The summed E-state index contributed by atoms with van der Waals surface area (Å²) in [5, 5.41) is 12.8. The zero-order valence-corrected chi connectivity index (χ0v) is 11.1. The second-order valence-corrected chi connectivity index (χ2v) is 4.85. The Morgan fingerprint density at radius 1 is 1.61 bits per heavy atom. The van der Waals surface area contributed by atoms with E-state index >= 15 is 0 Å². The number of benzene rings is 1. The number of anilines is 1. The van der Waals surface area contributed by atoms with E-state index in [-0.39, 0.29) is 18.6 Å². The Balaban J connectivity index is 2.30. The van der Waals surface area contributed by atoms with E-state index in [0.717, 1.165) is 18.5 Å². The molecule has 18 heavy (non-hydrogen) atoms. The van der Waals surface area contributed by atoms with Crippen molar-refractivity contribution in [3.05, 3.63) is 28.8 Å². The molecule has 1 fully saturated rings. The molecule has 98 valence electrons. The van der Waals surface area contributed by atoms with Gasteiger partial charge in [-0.1, -0.05) is 11.6 Å². The molecule has 1 saturated heterocycles. The van der Waals surface area contributed by atoms with Crippen LogP contribution in [0.1, 0.15) is 23.2 Å². The van der Waals surface area contributed by atoms with Crippen molar-refractivity contribution in [2.75, 3.05) is 25.5 Å². The van der Waals surface area contributed by atoms with Gasteiger partial charge in [0.05, 0.1) is 18.2 Å². The van der Waals surface area contributed by atoms with Crippen LogP contribution in [0.2, 0.25) is 5.02 Å². The summed E-state index contributed by atoms with van der Waals surface area (Å²) in [5.41, 5.74) is 1.32. The number of aliphatic hydroxyl groups is 1. The summed E-state index contributed by atoms with van der Waals surface area (Å²) in [6, 6.07) is 5.14. The summed E-state index contributed by atoms with van der Waals surface area (Å²) in [5.74, 6) is -0.0709. The summed E-state index contributed by atoms with van der Waals surface area (Å²) < 4.78 is 0. The average Bonchev–Trinajstić information content (AvgIpc) is 2.86. The first-order valence-corrected chi connectivity index (χ1v) is 6.44. The van der Waals surface area contributed by atoms with E-state index in [4.69, 9.17) is 11.6 Å². The SMILES string of the molecule is CNc1ccc(Cl)cc1C(=O)N1CCCC1CO. The Labute approximate surface area is 112 Å². The third kappa shape index (κ3) is 2.44. The summed E-state index contributed by atoms with van der Waals surface area (Å²) in [7, 11) is 1.77. The Bertz CT molecular complexity index is 451. The zero-order valence-electron chi connectivity index (χ0n) is 10.3. The summed E-state index contributed by atoms with van der Waals surface area (Å²) in [6.07, 6.45) is 1.80. The Morgan fingerprint density at radius 2 is 2.39 bits per heavy atom. The highest BCUT2D eigenvalue weighted by Gasteiger charge is 2.29. The molecule has 1 heterocycles. The number of carbonyl (C=O) groups excluding carboxylic acids is 1. The lowest BCUT2D eigenvalue weighted by atomic mass is 10.1. The molecule has 0 aromatic heterocycles. The first-order valence-electron chi connectivity index (χ1n) is 6.06. The molecule has 5 heteroatoms. The Hall–Kier alpha value is -1.26. The molecule has 1 aromatic rings. The van der Waals surface area contributed by atoms with Crippen molar-refractivity contribution in [3.8, 4) is 0 Å². The fourth-order valence-electron chi connectivity index (χ4n) is 2.36. The predicted molar refractivity (Wildman–Crippen MR) is 72.1 cm³/mol. The summed E-state index contributed by atoms with van der Waals surface area (Å²) in [4.78, 5) is 14.2. The van der Waals surface area contributed by atoms with Crippen LogP contribution in [0.25, 0.3) is 0 Å². The van der Waals surface area contributed by atoms with Crippen LogP contribution in [0.5, 0.6) is 0 Å². The standard InChI is InChI=1S/C13H17ClN2O2/c1-15-12-5-4-9(14)7-11(12)13(18)16-6-2-3-10(16)8-17/h4-5,7,10,15,17H,2-3,6,8H2,1H3. The second kappa shape index (κ2) is 5.59. The average molecular weight is 269 g/mol. The van der Waals surface area contributed by atoms with Crippen molar-refractivity contribution in [2.24, 2.45) is 0 Å². The Morgan fingerprint density at radius 3 is 3.06 bits per heavy atom. The van der Waals surface area contributed by atoms with Crippen molar-refractivity contribution in [2.45, 2.75) is 18.9 Å². The van der Waals surface area contributed by atoms with Gasteiger partial charge in [-0.25, -0.2) is 0 Å². The van der Waals surface area contributed by atoms with E-state index in [2.05, 4.69) is 5.32 Å². The molecule has 0 radical (unpaired) electrons. The molecule has 1 unspecified atom stereocenters. The molecule has 1 atom stereocenters. The highest BCUT2D eigenvalue weighted by Crippen LogP contribution is 2.25. The molecule has 1 aliphatic rings. The van der Waals surface area contributed by atoms with Crippen molar-refractivity contribution < 1.29 is 9.90 Å². The second-order valence-electron chi connectivity index (χ2n) is 4.42. The number of amides is 1. The third-order valence-electron chi connectivity index (χ3n) is 3.33. The lowest BCUT2D eigenvalue weighted by Gasteiger charge is -2.24. The lowest BCUT2D eigenvalue weighted by molar-refractivity contribution is 0.0678. The van der Waals surface area contributed by atoms with Crippen molar-refractivity contribution in [3.63, 3.8) is 0 Å². The summed E-state index contributed by atoms with van der Waals surface area (Å²) in [6.45, 7) is 0.709. The van der Waals surface area contributed by atoms with Gasteiger partial charge < -0.3 is 15.3 Å². The summed E-state index contributed by atoms with van der Waals surface area (Å²) >= 11 is 5.95. The molecule has 0 aliphatic carbocycles. The fraction of sp³-hybridized carbons (Fsp3) is 0.462. The van der Waals surface area contributed by atoms with Crippen LogP contribution in [0.4, 0.5) is 5.69 Å². The minimum atomic E-state index is -0.0709. The van der Waals surface area contributed by atoms with Crippen LogP contribution >= 0.6 is 11.6 Å². The van der Waals surface area contributed by atoms with Gasteiger partial charge in [0.2, 0.25) is 0 Å². The van der Waals surface area contributed by atoms with E-state index in [1.165, 1.54) is 0 Å². The number of rotatable bonds is 3. The maximum atomic E-state index is 12.5. The number of nitrogens with one attached hydrogen (secondary N) is 1. The number of halogens is 1. The smallest absolute Gasteiger partial charge is 0.256 e. The van der Waals surface area contributed by atoms with E-state index in [9.17, 15) is 9.90 Å². The van der Waals surface area contributed by atoms with Gasteiger partial charge >= 0.3 is 0 Å². The van der Waals surface area contributed by atoms with Crippen LogP contribution in [-0.2, 0) is 0 Å². The molecular weight excluding hydrogens is 252 g/mol. The number of hydrogen-bond donors (Lipinski definition) is 2. The van der Waals surface area contributed by atoms with Crippen LogP contribution in [0.15, 0.2) is 18.2 Å². The topological polar surface area (TPSA) is 52.6 Å². The quantitative estimate of drug-likeness (QED) is 0.881. The van der Waals surface area contributed by atoms with Crippen LogP contribution < -0.4 is 5.32 Å². The highest BCUT2D eigenvalue weighted by molar-refractivity contribution is 6.31. The minimum Gasteiger partial charge on any atom is -0.394 e. The number of nitrogens with zero attached hydrogens (tertiary/aromatic N) is 1. The number of carbonyl (C=O) groups is 1. The molecule has 2 N–H and O–H groups in total. The van der Waals surface area contributed by atoms with Gasteiger partial charge in [-0.05, 0) is 31.0 Å². The molecule has 0 bridgehead atoms. The number of hydrogen-bond acceptors (Lipinski definition) is 3. The molecule has 1 amide bonds. The van der Waals surface area contributed by atoms with E-state index in [1.807, 2.05) is 0 Å². The molecule has 2 rings (SSSR count). The largest absolute Gasteiger partial charge is 0.394 e. The molecule has 0 saturated carbocycles. The monoisotopic (exact) mass is 268 g/mol. The van der Waals surface area contributed by atoms with E-state index < -0.39 is 0 Å². The van der Waals surface area contributed by atoms with Crippen LogP contribution in [0, 0.1) is 0 Å². The van der Waals surface area contributed by atoms with Gasteiger partial charge in [-0.3, -0.25) is 4.79 Å². The molecule has 1 aliphatic heterocycles. The van der Waals surface area contributed by atoms with Gasteiger partial charge in [0, 0.05) is 24.3 Å². The van der Waals surface area contributed by atoms with Crippen molar-refractivity contribution in [1.82, 2.24) is 4.90 Å². The first-order chi connectivity index (χ1) is 8.67. The van der Waals surface area contributed by atoms with Gasteiger partial charge in [0.15, 0.2) is 0 Å². The molecule has 0 spiro atoms. The zero-order chi connectivity index (χ0) is 13.1. The van der Waals surface area contributed by atoms with Crippen molar-refractivity contribution >= 4 is 23.2 Å². The molecular formula is C13H17ClN2O2.